The van der Waals surface area contributed by atoms with Crippen LogP contribution in [0.25, 0.3) is 0 Å². The zero-order valence-corrected chi connectivity index (χ0v) is 7.22. The van der Waals surface area contributed by atoms with E-state index in [1.54, 1.807) is 0 Å². The van der Waals surface area contributed by atoms with E-state index in [9.17, 15) is 5.11 Å². The van der Waals surface area contributed by atoms with E-state index in [0.29, 0.717) is 5.92 Å². The van der Waals surface area contributed by atoms with Gasteiger partial charge in [-0.2, -0.15) is 0 Å². The molecule has 1 unspecified atom stereocenters. The molecule has 1 aliphatic rings. The molecule has 1 N–H and O–H groups in total. The quantitative estimate of drug-likeness (QED) is 0.640. The van der Waals surface area contributed by atoms with Crippen molar-refractivity contribution in [2.75, 3.05) is 0 Å². The van der Waals surface area contributed by atoms with Gasteiger partial charge in [-0.15, -0.1) is 0 Å². The Morgan fingerprint density at radius 1 is 1.70 bits per heavy atom. The molecule has 0 aromatic rings. The van der Waals surface area contributed by atoms with Gasteiger partial charge in [0.1, 0.15) is 0 Å². The van der Waals surface area contributed by atoms with Crippen LogP contribution in [0.5, 0.6) is 0 Å². The molecule has 0 radical (unpaired) electrons. The van der Waals surface area contributed by atoms with E-state index in [0.717, 1.165) is 12.3 Å². The van der Waals surface area contributed by atoms with Crippen LogP contribution >= 0.6 is 0 Å². The van der Waals surface area contributed by atoms with Crippen molar-refractivity contribution in [3.8, 4) is 0 Å². The lowest BCUT2D eigenvalue weighted by molar-refractivity contribution is 0.145. The minimum absolute atomic E-state index is 0.302. The summed E-state index contributed by atoms with van der Waals surface area (Å²) in [6.07, 6.45) is 3.48. The first-order valence-corrected chi connectivity index (χ1v) is 4.28. The zero-order valence-electron chi connectivity index (χ0n) is 7.22. The van der Waals surface area contributed by atoms with Gasteiger partial charge in [0.2, 0.25) is 0 Å². The van der Waals surface area contributed by atoms with Gasteiger partial charge in [-0.1, -0.05) is 20.3 Å². The standard InChI is InChI=1S/C9H18O/c1-4-7(2)5-8-6-9(8,3)10/h7-8,10H,4-6H2,1-3H3/t7?,8-,9-/m0/s1. The molecule has 0 amide bonds. The predicted octanol–water partition coefficient (Wildman–Crippen LogP) is 2.19. The van der Waals surface area contributed by atoms with Crippen molar-refractivity contribution in [2.45, 2.75) is 45.6 Å². The molecule has 0 aliphatic heterocycles. The Balaban J connectivity index is 2.17. The summed E-state index contributed by atoms with van der Waals surface area (Å²) in [6.45, 7) is 6.41. The summed E-state index contributed by atoms with van der Waals surface area (Å²) in [4.78, 5) is 0. The van der Waals surface area contributed by atoms with Gasteiger partial charge in [0.05, 0.1) is 5.60 Å². The zero-order chi connectivity index (χ0) is 7.78. The van der Waals surface area contributed by atoms with Gasteiger partial charge in [0, 0.05) is 0 Å². The molecule has 1 heteroatoms. The van der Waals surface area contributed by atoms with Crippen LogP contribution in [0.4, 0.5) is 0 Å². The molecule has 3 atom stereocenters. The maximum atomic E-state index is 9.44. The average molecular weight is 142 g/mol. The second-order valence-electron chi connectivity index (χ2n) is 4.01. The SMILES string of the molecule is CCC(C)C[C@H]1C[C@]1(C)O. The lowest BCUT2D eigenvalue weighted by Crippen LogP contribution is -2.06. The van der Waals surface area contributed by atoms with E-state index in [2.05, 4.69) is 13.8 Å². The van der Waals surface area contributed by atoms with E-state index in [-0.39, 0.29) is 5.60 Å². The molecule has 0 bridgehead atoms. The van der Waals surface area contributed by atoms with Crippen LogP contribution in [-0.4, -0.2) is 10.7 Å². The second kappa shape index (κ2) is 2.54. The predicted molar refractivity (Wildman–Crippen MR) is 42.8 cm³/mol. The van der Waals surface area contributed by atoms with Gasteiger partial charge in [0.15, 0.2) is 0 Å². The number of rotatable bonds is 3. The molecule has 10 heavy (non-hydrogen) atoms. The normalized spacial score (nSPS) is 41.4. The highest BCUT2D eigenvalue weighted by Crippen LogP contribution is 2.46. The Labute approximate surface area is 63.4 Å². The molecule has 1 fully saturated rings. The molecule has 0 spiro atoms. The minimum atomic E-state index is -0.302. The molecule has 1 aliphatic carbocycles. The van der Waals surface area contributed by atoms with Gasteiger partial charge in [-0.25, -0.2) is 0 Å². The third-order valence-electron chi connectivity index (χ3n) is 2.76. The monoisotopic (exact) mass is 142 g/mol. The third-order valence-corrected chi connectivity index (χ3v) is 2.76. The number of hydrogen-bond donors (Lipinski definition) is 1. The average Bonchev–Trinajstić information content (AvgIpc) is 2.40. The van der Waals surface area contributed by atoms with Crippen LogP contribution in [0.1, 0.15) is 40.0 Å². The van der Waals surface area contributed by atoms with Gasteiger partial charge >= 0.3 is 0 Å². The summed E-state index contributed by atoms with van der Waals surface area (Å²) in [6, 6.07) is 0. The fourth-order valence-corrected chi connectivity index (χ4v) is 1.43. The lowest BCUT2D eigenvalue weighted by atomic mass is 10.0. The summed E-state index contributed by atoms with van der Waals surface area (Å²) in [7, 11) is 0. The topological polar surface area (TPSA) is 20.2 Å². The van der Waals surface area contributed by atoms with Crippen molar-refractivity contribution in [3.63, 3.8) is 0 Å². The van der Waals surface area contributed by atoms with Gasteiger partial charge in [-0.3, -0.25) is 0 Å². The Hall–Kier alpha value is -0.0400. The third kappa shape index (κ3) is 1.72. The van der Waals surface area contributed by atoms with Crippen LogP contribution in [0.15, 0.2) is 0 Å². The molecule has 1 rings (SSSR count). The molecule has 1 saturated carbocycles. The highest BCUT2D eigenvalue weighted by Gasteiger charge is 2.48. The smallest absolute Gasteiger partial charge is 0.0652 e. The molecule has 0 saturated heterocycles. The maximum absolute atomic E-state index is 9.44. The van der Waals surface area contributed by atoms with Crippen LogP contribution in [0.3, 0.4) is 0 Å². The molecule has 0 aromatic carbocycles. The van der Waals surface area contributed by atoms with Crippen molar-refractivity contribution in [1.82, 2.24) is 0 Å². The van der Waals surface area contributed by atoms with Crippen molar-refractivity contribution < 1.29 is 5.11 Å². The molecular formula is C9H18O. The van der Waals surface area contributed by atoms with Crippen LogP contribution < -0.4 is 0 Å². The summed E-state index contributed by atoms with van der Waals surface area (Å²) < 4.78 is 0. The molecular weight excluding hydrogens is 124 g/mol. The van der Waals surface area contributed by atoms with E-state index in [1.807, 2.05) is 6.92 Å². The Kier molecular flexibility index (Phi) is 2.04. The molecule has 0 aromatic heterocycles. The number of aliphatic hydroxyl groups is 1. The Bertz CT molecular complexity index is 118. The first-order valence-electron chi connectivity index (χ1n) is 4.28. The van der Waals surface area contributed by atoms with E-state index in [1.165, 1.54) is 12.8 Å². The lowest BCUT2D eigenvalue weighted by Gasteiger charge is -2.07. The minimum Gasteiger partial charge on any atom is -0.390 e. The van der Waals surface area contributed by atoms with Crippen molar-refractivity contribution in [1.29, 1.82) is 0 Å². The van der Waals surface area contributed by atoms with Crippen LogP contribution in [0.2, 0.25) is 0 Å². The molecule has 1 nitrogen and oxygen atoms in total. The fraction of sp³-hybridized carbons (Fsp3) is 1.00. The van der Waals surface area contributed by atoms with E-state index < -0.39 is 0 Å². The second-order valence-corrected chi connectivity index (χ2v) is 4.01. The van der Waals surface area contributed by atoms with E-state index >= 15 is 0 Å². The van der Waals surface area contributed by atoms with Crippen molar-refractivity contribution >= 4 is 0 Å². The highest BCUT2D eigenvalue weighted by molar-refractivity contribution is 4.99. The van der Waals surface area contributed by atoms with Crippen LogP contribution in [0, 0.1) is 11.8 Å². The maximum Gasteiger partial charge on any atom is 0.0652 e. The summed E-state index contributed by atoms with van der Waals surface area (Å²) >= 11 is 0. The summed E-state index contributed by atoms with van der Waals surface area (Å²) in [5.41, 5.74) is -0.302. The molecule has 0 heterocycles. The summed E-state index contributed by atoms with van der Waals surface area (Å²) in [5.74, 6) is 1.39. The van der Waals surface area contributed by atoms with Gasteiger partial charge in [0.25, 0.3) is 0 Å². The largest absolute Gasteiger partial charge is 0.390 e. The summed E-state index contributed by atoms with van der Waals surface area (Å²) in [5, 5.41) is 9.44. The number of hydrogen-bond acceptors (Lipinski definition) is 1. The Morgan fingerprint density at radius 3 is 2.50 bits per heavy atom. The van der Waals surface area contributed by atoms with Gasteiger partial charge in [-0.05, 0) is 31.6 Å². The van der Waals surface area contributed by atoms with E-state index in [4.69, 9.17) is 0 Å². The Morgan fingerprint density at radius 2 is 2.20 bits per heavy atom. The first kappa shape index (κ1) is 8.06. The first-order chi connectivity index (χ1) is 4.56. The van der Waals surface area contributed by atoms with Crippen LogP contribution in [-0.2, 0) is 0 Å². The van der Waals surface area contributed by atoms with Crippen molar-refractivity contribution in [3.05, 3.63) is 0 Å². The fourth-order valence-electron chi connectivity index (χ4n) is 1.43. The molecule has 60 valence electrons. The van der Waals surface area contributed by atoms with Crippen molar-refractivity contribution in [2.24, 2.45) is 11.8 Å². The van der Waals surface area contributed by atoms with Gasteiger partial charge < -0.3 is 5.11 Å². The highest BCUT2D eigenvalue weighted by atomic mass is 16.3.